The molecule has 5 heteroatoms. The maximum absolute atomic E-state index is 11.8. The number of thiocarbonyl (C=S) groups is 1. The van der Waals surface area contributed by atoms with Crippen molar-refractivity contribution in [2.24, 2.45) is 0 Å². The van der Waals surface area contributed by atoms with Crippen LogP contribution in [0.2, 0.25) is 0 Å². The Labute approximate surface area is 173 Å². The van der Waals surface area contributed by atoms with Gasteiger partial charge in [-0.15, -0.1) is 0 Å². The number of hydrogen-bond acceptors (Lipinski definition) is 2. The minimum Gasteiger partial charge on any atom is -0.362 e. The van der Waals surface area contributed by atoms with E-state index >= 15 is 0 Å². The van der Waals surface area contributed by atoms with Crippen molar-refractivity contribution in [3.8, 4) is 0 Å². The molecule has 28 heavy (non-hydrogen) atoms. The molecule has 2 aromatic rings. The third kappa shape index (κ3) is 5.55. The molecule has 0 atom stereocenters. The van der Waals surface area contributed by atoms with Gasteiger partial charge in [0, 0.05) is 30.9 Å². The molecular weight excluding hydrogens is 366 g/mol. The van der Waals surface area contributed by atoms with E-state index in [-0.39, 0.29) is 5.91 Å². The standard InChI is InChI=1S/C23H29N3OS/c1-17(2)19-9-7-18(8-10-19)5-3-15-24-23(28)25-20-11-13-21(14-12-20)26-16-4-6-22(26)27/h7-14,17H,3-6,15-16H2,1-2H3,(H2,24,25,28). The van der Waals surface area contributed by atoms with Crippen molar-refractivity contribution < 1.29 is 4.79 Å². The van der Waals surface area contributed by atoms with E-state index in [1.165, 1.54) is 11.1 Å². The normalized spacial score (nSPS) is 13.8. The van der Waals surface area contributed by atoms with Crippen LogP contribution in [0.5, 0.6) is 0 Å². The molecule has 0 radical (unpaired) electrons. The van der Waals surface area contributed by atoms with Crippen LogP contribution in [0.4, 0.5) is 11.4 Å². The highest BCUT2D eigenvalue weighted by molar-refractivity contribution is 7.80. The second-order valence-electron chi connectivity index (χ2n) is 7.58. The summed E-state index contributed by atoms with van der Waals surface area (Å²) < 4.78 is 0. The van der Waals surface area contributed by atoms with Gasteiger partial charge in [0.15, 0.2) is 5.11 Å². The van der Waals surface area contributed by atoms with Gasteiger partial charge < -0.3 is 15.5 Å². The Balaban J connectivity index is 1.39. The van der Waals surface area contributed by atoms with Gasteiger partial charge in [0.25, 0.3) is 0 Å². The highest BCUT2D eigenvalue weighted by Gasteiger charge is 2.21. The number of aryl methyl sites for hydroxylation is 1. The lowest BCUT2D eigenvalue weighted by Crippen LogP contribution is -2.29. The minimum absolute atomic E-state index is 0.205. The topological polar surface area (TPSA) is 44.4 Å². The summed E-state index contributed by atoms with van der Waals surface area (Å²) in [5.41, 5.74) is 4.62. The molecule has 148 valence electrons. The average molecular weight is 396 g/mol. The molecule has 1 saturated heterocycles. The van der Waals surface area contributed by atoms with Crippen LogP contribution < -0.4 is 15.5 Å². The summed E-state index contributed by atoms with van der Waals surface area (Å²) in [5, 5.41) is 7.10. The molecule has 1 heterocycles. The lowest BCUT2D eigenvalue weighted by Gasteiger charge is -2.16. The van der Waals surface area contributed by atoms with Gasteiger partial charge in [-0.3, -0.25) is 4.79 Å². The maximum Gasteiger partial charge on any atom is 0.227 e. The summed E-state index contributed by atoms with van der Waals surface area (Å²) in [7, 11) is 0. The summed E-state index contributed by atoms with van der Waals surface area (Å²) in [4.78, 5) is 13.7. The molecule has 3 rings (SSSR count). The lowest BCUT2D eigenvalue weighted by atomic mass is 10.0. The molecule has 0 unspecified atom stereocenters. The van der Waals surface area contributed by atoms with Gasteiger partial charge in [-0.1, -0.05) is 38.1 Å². The second kappa shape index (κ2) is 9.69. The molecule has 0 saturated carbocycles. The van der Waals surface area contributed by atoms with Crippen molar-refractivity contribution >= 4 is 34.6 Å². The largest absolute Gasteiger partial charge is 0.362 e. The molecule has 0 aliphatic carbocycles. The van der Waals surface area contributed by atoms with E-state index in [0.29, 0.717) is 17.5 Å². The van der Waals surface area contributed by atoms with E-state index in [2.05, 4.69) is 48.7 Å². The summed E-state index contributed by atoms with van der Waals surface area (Å²) in [6.07, 6.45) is 3.65. The third-order valence-corrected chi connectivity index (χ3v) is 5.33. The van der Waals surface area contributed by atoms with Crippen LogP contribution in [-0.4, -0.2) is 24.1 Å². The Morgan fingerprint density at radius 2 is 1.82 bits per heavy atom. The molecule has 1 amide bonds. The zero-order chi connectivity index (χ0) is 19.9. The highest BCUT2D eigenvalue weighted by Crippen LogP contribution is 2.23. The predicted octanol–water partition coefficient (Wildman–Crippen LogP) is 4.86. The van der Waals surface area contributed by atoms with E-state index in [1.807, 2.05) is 29.2 Å². The van der Waals surface area contributed by atoms with E-state index in [1.54, 1.807) is 0 Å². The lowest BCUT2D eigenvalue weighted by molar-refractivity contribution is -0.117. The van der Waals surface area contributed by atoms with Crippen molar-refractivity contribution in [2.75, 3.05) is 23.3 Å². The maximum atomic E-state index is 11.8. The highest BCUT2D eigenvalue weighted by atomic mass is 32.1. The first-order valence-electron chi connectivity index (χ1n) is 10.1. The molecule has 2 aromatic carbocycles. The predicted molar refractivity (Wildman–Crippen MR) is 121 cm³/mol. The first-order chi connectivity index (χ1) is 13.5. The van der Waals surface area contributed by atoms with Crippen molar-refractivity contribution in [3.05, 3.63) is 59.7 Å². The Morgan fingerprint density at radius 1 is 1.11 bits per heavy atom. The summed E-state index contributed by atoms with van der Waals surface area (Å²) in [6.45, 7) is 6.07. The minimum atomic E-state index is 0.205. The van der Waals surface area contributed by atoms with Gasteiger partial charge in [0.2, 0.25) is 5.91 Å². The van der Waals surface area contributed by atoms with Crippen molar-refractivity contribution in [3.63, 3.8) is 0 Å². The second-order valence-corrected chi connectivity index (χ2v) is 7.98. The van der Waals surface area contributed by atoms with E-state index in [9.17, 15) is 4.79 Å². The number of carbonyl (C=O) groups excluding carboxylic acids is 1. The Bertz CT molecular complexity index is 800. The van der Waals surface area contributed by atoms with Crippen LogP contribution in [0, 0.1) is 0 Å². The molecule has 1 aliphatic rings. The summed E-state index contributed by atoms with van der Waals surface area (Å²) in [5.74, 6) is 0.779. The zero-order valence-corrected chi connectivity index (χ0v) is 17.5. The first kappa shape index (κ1) is 20.3. The van der Waals surface area contributed by atoms with Gasteiger partial charge in [-0.05, 0) is 72.8 Å². The van der Waals surface area contributed by atoms with Crippen LogP contribution in [0.25, 0.3) is 0 Å². The fraction of sp³-hybridized carbons (Fsp3) is 0.391. The SMILES string of the molecule is CC(C)c1ccc(CCCNC(=S)Nc2ccc(N3CCCC3=O)cc2)cc1. The molecule has 1 aliphatic heterocycles. The zero-order valence-electron chi connectivity index (χ0n) is 16.7. The molecule has 0 bridgehead atoms. The summed E-state index contributed by atoms with van der Waals surface area (Å²) in [6, 6.07) is 16.7. The molecule has 2 N–H and O–H groups in total. The number of rotatable bonds is 7. The van der Waals surface area contributed by atoms with E-state index < -0.39 is 0 Å². The number of nitrogens with one attached hydrogen (secondary N) is 2. The van der Waals surface area contributed by atoms with Crippen molar-refractivity contribution in [2.45, 2.75) is 45.4 Å². The number of benzene rings is 2. The van der Waals surface area contributed by atoms with Gasteiger partial charge in [-0.25, -0.2) is 0 Å². The Hall–Kier alpha value is -2.40. The number of nitrogens with zero attached hydrogens (tertiary/aromatic N) is 1. The molecule has 4 nitrogen and oxygen atoms in total. The molecule has 1 fully saturated rings. The van der Waals surface area contributed by atoms with Crippen molar-refractivity contribution in [1.29, 1.82) is 0 Å². The van der Waals surface area contributed by atoms with Crippen LogP contribution in [0.15, 0.2) is 48.5 Å². The average Bonchev–Trinajstić information content (AvgIpc) is 3.12. The number of anilines is 2. The smallest absolute Gasteiger partial charge is 0.227 e. The van der Waals surface area contributed by atoms with Gasteiger partial charge in [-0.2, -0.15) is 0 Å². The number of carbonyl (C=O) groups is 1. The van der Waals surface area contributed by atoms with E-state index in [0.717, 1.165) is 43.7 Å². The van der Waals surface area contributed by atoms with Gasteiger partial charge in [0.05, 0.1) is 0 Å². The van der Waals surface area contributed by atoms with Crippen LogP contribution >= 0.6 is 12.2 Å². The van der Waals surface area contributed by atoms with Crippen LogP contribution in [0.1, 0.15) is 50.2 Å². The number of amides is 1. The van der Waals surface area contributed by atoms with Gasteiger partial charge in [0.1, 0.15) is 0 Å². The molecule has 0 aromatic heterocycles. The third-order valence-electron chi connectivity index (χ3n) is 5.08. The van der Waals surface area contributed by atoms with Crippen LogP contribution in [-0.2, 0) is 11.2 Å². The molecular formula is C23H29N3OS. The van der Waals surface area contributed by atoms with Gasteiger partial charge >= 0.3 is 0 Å². The monoisotopic (exact) mass is 395 g/mol. The van der Waals surface area contributed by atoms with Crippen LogP contribution in [0.3, 0.4) is 0 Å². The van der Waals surface area contributed by atoms with Crippen molar-refractivity contribution in [1.82, 2.24) is 5.32 Å². The van der Waals surface area contributed by atoms with E-state index in [4.69, 9.17) is 12.2 Å². The Morgan fingerprint density at radius 3 is 2.43 bits per heavy atom. The first-order valence-corrected chi connectivity index (χ1v) is 10.5. The summed E-state index contributed by atoms with van der Waals surface area (Å²) >= 11 is 5.38. The fourth-order valence-electron chi connectivity index (χ4n) is 3.38. The Kier molecular flexibility index (Phi) is 7.04. The molecule has 0 spiro atoms. The number of hydrogen-bond donors (Lipinski definition) is 2. The fourth-order valence-corrected chi connectivity index (χ4v) is 3.60. The quantitative estimate of drug-likeness (QED) is 0.519.